The molecule has 1 saturated heterocycles. The van der Waals surface area contributed by atoms with Gasteiger partial charge in [-0.1, -0.05) is 42.5 Å². The minimum Gasteiger partial charge on any atom is -0.355 e. The predicted molar refractivity (Wildman–Crippen MR) is 111 cm³/mol. The molecule has 0 saturated carbocycles. The summed E-state index contributed by atoms with van der Waals surface area (Å²) in [5.41, 5.74) is 3.10. The normalized spacial score (nSPS) is 15.1. The van der Waals surface area contributed by atoms with Crippen molar-refractivity contribution in [1.29, 1.82) is 5.26 Å². The number of piperazine rings is 1. The zero-order valence-corrected chi connectivity index (χ0v) is 16.3. The summed E-state index contributed by atoms with van der Waals surface area (Å²) >= 11 is 0. The Morgan fingerprint density at radius 3 is 2.29 bits per heavy atom. The predicted octanol–water partition coefficient (Wildman–Crippen LogP) is 2.42. The molecule has 3 rings (SSSR count). The molecule has 1 amide bonds. The van der Waals surface area contributed by atoms with Gasteiger partial charge in [-0.2, -0.15) is 5.26 Å². The Hall–Kier alpha value is -2.68. The van der Waals surface area contributed by atoms with Gasteiger partial charge in [0.1, 0.15) is 0 Å². The fourth-order valence-electron chi connectivity index (χ4n) is 3.46. The fourth-order valence-corrected chi connectivity index (χ4v) is 3.46. The summed E-state index contributed by atoms with van der Waals surface area (Å²) in [5.74, 6) is 0.0899. The van der Waals surface area contributed by atoms with Gasteiger partial charge < -0.3 is 5.32 Å². The Balaban J connectivity index is 1.28. The van der Waals surface area contributed by atoms with Gasteiger partial charge in [0.05, 0.1) is 11.6 Å². The van der Waals surface area contributed by atoms with E-state index in [1.807, 2.05) is 12.1 Å². The molecular weight excluding hydrogens is 348 g/mol. The summed E-state index contributed by atoms with van der Waals surface area (Å²) in [6.45, 7) is 6.86. The van der Waals surface area contributed by atoms with E-state index >= 15 is 0 Å². The molecular formula is C23H28N4O. The van der Waals surface area contributed by atoms with Crippen LogP contribution in [0.25, 0.3) is 0 Å². The van der Waals surface area contributed by atoms with Crippen molar-refractivity contribution >= 4 is 5.91 Å². The van der Waals surface area contributed by atoms with Crippen LogP contribution >= 0.6 is 0 Å². The topological polar surface area (TPSA) is 59.4 Å². The van der Waals surface area contributed by atoms with Crippen LogP contribution in [-0.4, -0.2) is 55.0 Å². The monoisotopic (exact) mass is 376 g/mol. The van der Waals surface area contributed by atoms with Gasteiger partial charge >= 0.3 is 0 Å². The summed E-state index contributed by atoms with van der Waals surface area (Å²) in [7, 11) is 0. The number of hydrogen-bond acceptors (Lipinski definition) is 4. The largest absolute Gasteiger partial charge is 0.355 e. The number of hydrogen-bond donors (Lipinski definition) is 1. The fraction of sp³-hybridized carbons (Fsp3) is 0.391. The van der Waals surface area contributed by atoms with Crippen LogP contribution in [0.3, 0.4) is 0 Å². The maximum atomic E-state index is 12.0. The van der Waals surface area contributed by atoms with Crippen LogP contribution in [0.5, 0.6) is 0 Å². The highest BCUT2D eigenvalue weighted by atomic mass is 16.1. The lowest BCUT2D eigenvalue weighted by Crippen LogP contribution is -2.48. The standard InChI is InChI=1S/C23H28N4O/c24-18-21-8-6-20(7-9-21)10-11-23(28)25-12-13-26-14-16-27(17-15-26)19-22-4-2-1-3-5-22/h1-9H,10-17,19H2,(H,25,28). The number of aryl methyl sites for hydroxylation is 1. The van der Waals surface area contributed by atoms with E-state index in [2.05, 4.69) is 51.5 Å². The smallest absolute Gasteiger partial charge is 0.220 e. The van der Waals surface area contributed by atoms with Crippen LogP contribution in [0.1, 0.15) is 23.1 Å². The van der Waals surface area contributed by atoms with Crippen LogP contribution < -0.4 is 5.32 Å². The van der Waals surface area contributed by atoms with E-state index in [0.29, 0.717) is 24.9 Å². The summed E-state index contributed by atoms with van der Waals surface area (Å²) < 4.78 is 0. The molecule has 0 unspecified atom stereocenters. The first-order chi connectivity index (χ1) is 13.7. The van der Waals surface area contributed by atoms with E-state index in [1.165, 1.54) is 5.56 Å². The first kappa shape index (κ1) is 20.1. The third kappa shape index (κ3) is 6.49. The Labute approximate surface area is 167 Å². The maximum Gasteiger partial charge on any atom is 0.220 e. The highest BCUT2D eigenvalue weighted by Gasteiger charge is 2.16. The van der Waals surface area contributed by atoms with Crippen LogP contribution in [0.4, 0.5) is 0 Å². The first-order valence-electron chi connectivity index (χ1n) is 9.97. The molecule has 2 aromatic carbocycles. The van der Waals surface area contributed by atoms with Gasteiger partial charge in [0.15, 0.2) is 0 Å². The van der Waals surface area contributed by atoms with Crippen LogP contribution in [0, 0.1) is 11.3 Å². The van der Waals surface area contributed by atoms with Crippen LogP contribution in [-0.2, 0) is 17.8 Å². The van der Waals surface area contributed by atoms with Gasteiger partial charge in [-0.25, -0.2) is 0 Å². The van der Waals surface area contributed by atoms with Gasteiger partial charge in [0, 0.05) is 52.2 Å². The minimum absolute atomic E-state index is 0.0899. The zero-order chi connectivity index (χ0) is 19.6. The van der Waals surface area contributed by atoms with Crippen molar-refractivity contribution in [3.05, 3.63) is 71.3 Å². The maximum absolute atomic E-state index is 12.0. The van der Waals surface area contributed by atoms with E-state index in [0.717, 1.165) is 44.8 Å². The lowest BCUT2D eigenvalue weighted by atomic mass is 10.1. The van der Waals surface area contributed by atoms with Gasteiger partial charge in [-0.3, -0.25) is 14.6 Å². The lowest BCUT2D eigenvalue weighted by molar-refractivity contribution is -0.121. The van der Waals surface area contributed by atoms with Crippen molar-refractivity contribution in [2.45, 2.75) is 19.4 Å². The number of nitrogens with one attached hydrogen (secondary N) is 1. The second kappa shape index (κ2) is 10.6. The van der Waals surface area contributed by atoms with Crippen molar-refractivity contribution in [2.75, 3.05) is 39.3 Å². The summed E-state index contributed by atoms with van der Waals surface area (Å²) in [4.78, 5) is 17.0. The molecule has 1 N–H and O–H groups in total. The van der Waals surface area contributed by atoms with Gasteiger partial charge in [-0.15, -0.1) is 0 Å². The van der Waals surface area contributed by atoms with Gasteiger partial charge in [0.2, 0.25) is 5.91 Å². The third-order valence-electron chi connectivity index (χ3n) is 5.19. The number of nitrogens with zero attached hydrogens (tertiary/aromatic N) is 3. The Morgan fingerprint density at radius 1 is 0.929 bits per heavy atom. The van der Waals surface area contributed by atoms with E-state index in [4.69, 9.17) is 5.26 Å². The van der Waals surface area contributed by atoms with E-state index in [1.54, 1.807) is 12.1 Å². The molecule has 0 radical (unpaired) electrons. The number of benzene rings is 2. The number of carbonyl (C=O) groups is 1. The number of nitriles is 1. The third-order valence-corrected chi connectivity index (χ3v) is 5.19. The SMILES string of the molecule is N#Cc1ccc(CCC(=O)NCCN2CCN(Cc3ccccc3)CC2)cc1. The van der Waals surface area contributed by atoms with Crippen molar-refractivity contribution in [1.82, 2.24) is 15.1 Å². The second-order valence-corrected chi connectivity index (χ2v) is 7.26. The summed E-state index contributed by atoms with van der Waals surface area (Å²) in [6, 6.07) is 20.1. The van der Waals surface area contributed by atoms with Crippen molar-refractivity contribution < 1.29 is 4.79 Å². The lowest BCUT2D eigenvalue weighted by Gasteiger charge is -2.34. The molecule has 1 aliphatic rings. The number of carbonyl (C=O) groups excluding carboxylic acids is 1. The number of rotatable bonds is 8. The Bertz CT molecular complexity index is 774. The molecule has 0 atom stereocenters. The van der Waals surface area contributed by atoms with Crippen molar-refractivity contribution in [3.63, 3.8) is 0 Å². The molecule has 0 bridgehead atoms. The molecule has 146 valence electrons. The molecule has 0 aromatic heterocycles. The van der Waals surface area contributed by atoms with Crippen molar-refractivity contribution in [2.24, 2.45) is 0 Å². The molecule has 28 heavy (non-hydrogen) atoms. The summed E-state index contributed by atoms with van der Waals surface area (Å²) in [6.07, 6.45) is 1.19. The molecule has 5 heteroatoms. The average molecular weight is 377 g/mol. The van der Waals surface area contributed by atoms with E-state index in [-0.39, 0.29) is 5.91 Å². The first-order valence-corrected chi connectivity index (χ1v) is 9.97. The molecule has 2 aromatic rings. The van der Waals surface area contributed by atoms with Crippen molar-refractivity contribution in [3.8, 4) is 6.07 Å². The highest BCUT2D eigenvalue weighted by Crippen LogP contribution is 2.08. The van der Waals surface area contributed by atoms with Gasteiger partial charge in [0.25, 0.3) is 0 Å². The molecule has 1 heterocycles. The minimum atomic E-state index is 0.0899. The molecule has 1 fully saturated rings. The number of amides is 1. The molecule has 1 aliphatic heterocycles. The highest BCUT2D eigenvalue weighted by molar-refractivity contribution is 5.76. The Morgan fingerprint density at radius 2 is 1.61 bits per heavy atom. The zero-order valence-electron chi connectivity index (χ0n) is 16.3. The van der Waals surface area contributed by atoms with Crippen LogP contribution in [0.15, 0.2) is 54.6 Å². The van der Waals surface area contributed by atoms with Crippen LogP contribution in [0.2, 0.25) is 0 Å². The average Bonchev–Trinajstić information content (AvgIpc) is 2.74. The molecule has 0 aliphatic carbocycles. The van der Waals surface area contributed by atoms with E-state index < -0.39 is 0 Å². The molecule has 5 nitrogen and oxygen atoms in total. The molecule has 0 spiro atoms. The second-order valence-electron chi connectivity index (χ2n) is 7.26. The quantitative estimate of drug-likeness (QED) is 0.769. The van der Waals surface area contributed by atoms with Gasteiger partial charge in [-0.05, 0) is 29.7 Å². The van der Waals surface area contributed by atoms with E-state index in [9.17, 15) is 4.79 Å². The summed E-state index contributed by atoms with van der Waals surface area (Å²) in [5, 5.41) is 11.8. The Kier molecular flexibility index (Phi) is 7.60.